The van der Waals surface area contributed by atoms with Crippen molar-refractivity contribution in [3.8, 4) is 22.6 Å². The van der Waals surface area contributed by atoms with E-state index in [9.17, 15) is 9.90 Å². The highest BCUT2D eigenvalue weighted by Crippen LogP contribution is 2.69. The molecule has 208 valence electrons. The van der Waals surface area contributed by atoms with Crippen molar-refractivity contribution in [3.63, 3.8) is 0 Å². The molecule has 3 aromatic rings. The Morgan fingerprint density at radius 3 is 2.45 bits per heavy atom. The zero-order valence-electron chi connectivity index (χ0n) is 23.8. The van der Waals surface area contributed by atoms with Crippen LogP contribution in [0.1, 0.15) is 75.1 Å². The summed E-state index contributed by atoms with van der Waals surface area (Å²) >= 11 is 0. The lowest BCUT2D eigenvalue weighted by molar-refractivity contribution is -0.143. The fourth-order valence-electron chi connectivity index (χ4n) is 7.23. The highest BCUT2D eigenvalue weighted by molar-refractivity contribution is 5.85. The fourth-order valence-corrected chi connectivity index (χ4v) is 7.23. The van der Waals surface area contributed by atoms with Crippen LogP contribution in [-0.2, 0) is 23.2 Å². The van der Waals surface area contributed by atoms with Gasteiger partial charge in [0.25, 0.3) is 0 Å². The molecule has 2 atom stereocenters. The Hall–Kier alpha value is -3.60. The molecule has 6 rings (SSSR count). The Kier molecular flexibility index (Phi) is 6.32. The molecule has 0 radical (unpaired) electrons. The lowest BCUT2D eigenvalue weighted by atomic mass is 9.75. The molecule has 1 fully saturated rings. The number of halogens is 1. The van der Waals surface area contributed by atoms with Crippen molar-refractivity contribution < 1.29 is 23.8 Å². The summed E-state index contributed by atoms with van der Waals surface area (Å²) in [6.45, 7) is 6.73. The van der Waals surface area contributed by atoms with Crippen LogP contribution >= 0.6 is 0 Å². The topological polar surface area (TPSA) is 55.8 Å². The number of rotatable bonds is 7. The van der Waals surface area contributed by atoms with Gasteiger partial charge in [-0.1, -0.05) is 38.1 Å². The number of aryl methyl sites for hydroxylation is 1. The van der Waals surface area contributed by atoms with Crippen molar-refractivity contribution in [1.82, 2.24) is 0 Å². The second-order valence-corrected chi connectivity index (χ2v) is 12.6. The van der Waals surface area contributed by atoms with Gasteiger partial charge < -0.3 is 14.6 Å². The van der Waals surface area contributed by atoms with Gasteiger partial charge in [-0.2, -0.15) is 0 Å². The van der Waals surface area contributed by atoms with Crippen molar-refractivity contribution in [2.24, 2.45) is 10.8 Å². The van der Waals surface area contributed by atoms with Crippen molar-refractivity contribution in [1.29, 1.82) is 0 Å². The molecule has 0 bridgehead atoms. The third kappa shape index (κ3) is 4.22. The minimum absolute atomic E-state index is 0.0164. The van der Waals surface area contributed by atoms with E-state index < -0.39 is 11.4 Å². The third-order valence-corrected chi connectivity index (χ3v) is 9.80. The maximum atomic E-state index is 15.1. The summed E-state index contributed by atoms with van der Waals surface area (Å²) in [6.07, 6.45) is 7.91. The molecule has 3 aliphatic carbocycles. The summed E-state index contributed by atoms with van der Waals surface area (Å²) in [7, 11) is 1.59. The lowest BCUT2D eigenvalue weighted by Gasteiger charge is -2.29. The van der Waals surface area contributed by atoms with E-state index in [1.54, 1.807) is 19.2 Å². The maximum absolute atomic E-state index is 15.1. The highest BCUT2D eigenvalue weighted by atomic mass is 19.1. The predicted molar refractivity (Wildman–Crippen MR) is 155 cm³/mol. The number of methoxy groups -OCH3 is 1. The first-order chi connectivity index (χ1) is 19.1. The van der Waals surface area contributed by atoms with Gasteiger partial charge in [0, 0.05) is 11.0 Å². The largest absolute Gasteiger partial charge is 0.497 e. The maximum Gasteiger partial charge on any atom is 0.310 e. The van der Waals surface area contributed by atoms with E-state index in [0.29, 0.717) is 24.3 Å². The molecule has 0 amide bonds. The third-order valence-electron chi connectivity index (χ3n) is 9.80. The molecule has 0 aliphatic heterocycles. The zero-order chi connectivity index (χ0) is 28.3. The summed E-state index contributed by atoms with van der Waals surface area (Å²) in [5.74, 6) is 0.383. The molecule has 3 aliphatic rings. The molecule has 3 aromatic carbocycles. The van der Waals surface area contributed by atoms with Gasteiger partial charge in [-0.3, -0.25) is 4.79 Å². The van der Waals surface area contributed by atoms with Gasteiger partial charge in [-0.15, -0.1) is 0 Å². The van der Waals surface area contributed by atoms with E-state index in [4.69, 9.17) is 9.47 Å². The number of hydrogen-bond donors (Lipinski definition) is 1. The van der Waals surface area contributed by atoms with Crippen LogP contribution in [0.2, 0.25) is 0 Å². The molecule has 1 spiro atoms. The second-order valence-electron chi connectivity index (χ2n) is 12.6. The molecule has 4 nitrogen and oxygen atoms in total. The first-order valence-corrected chi connectivity index (χ1v) is 14.3. The first kappa shape index (κ1) is 26.6. The SMILES string of the molecule is COc1ccc(F)c(-c2ccc(COc3ccc4c(c3)[C@]3(CCC4)C[C@]3(C)C(=O)O)cc2C2=CCCC2(C)C)c1. The Labute approximate surface area is 235 Å². The van der Waals surface area contributed by atoms with Crippen molar-refractivity contribution in [2.45, 2.75) is 71.3 Å². The number of aliphatic carboxylic acids is 1. The van der Waals surface area contributed by atoms with Gasteiger partial charge in [0.05, 0.1) is 12.5 Å². The molecular weight excluding hydrogens is 503 g/mol. The van der Waals surface area contributed by atoms with E-state index in [1.165, 1.54) is 17.2 Å². The van der Waals surface area contributed by atoms with Crippen LogP contribution in [0.25, 0.3) is 16.7 Å². The van der Waals surface area contributed by atoms with E-state index in [1.807, 2.05) is 25.1 Å². The van der Waals surface area contributed by atoms with Crippen LogP contribution in [0, 0.1) is 16.6 Å². The van der Waals surface area contributed by atoms with Crippen LogP contribution in [0.4, 0.5) is 4.39 Å². The standard InChI is InChI=1S/C35H37FO4/c1-33(2)15-6-8-29(33)27-17-22(9-13-26(27)28-18-24(39-4)12-14-31(28)36)20-40-25-11-10-23-7-5-16-35(30(23)19-25)21-34(35,3)32(37)38/h8-14,17-19H,5-7,15-16,20-21H2,1-4H3,(H,37,38)/t34-,35+/m1/s1. The van der Waals surface area contributed by atoms with Gasteiger partial charge in [0.1, 0.15) is 23.9 Å². The fraction of sp³-hybridized carbons (Fsp3) is 0.400. The van der Waals surface area contributed by atoms with E-state index in [0.717, 1.165) is 60.1 Å². The summed E-state index contributed by atoms with van der Waals surface area (Å²) < 4.78 is 26.8. The first-order valence-electron chi connectivity index (χ1n) is 14.3. The van der Waals surface area contributed by atoms with Crippen molar-refractivity contribution in [3.05, 3.63) is 88.7 Å². The molecule has 0 heterocycles. The molecular formula is C35H37FO4. The number of hydrogen-bond acceptors (Lipinski definition) is 3. The minimum atomic E-state index is -0.712. The minimum Gasteiger partial charge on any atom is -0.497 e. The number of ether oxygens (including phenoxy) is 2. The number of carboxylic acid groups (broad SMARTS) is 1. The normalized spacial score (nSPS) is 24.4. The van der Waals surface area contributed by atoms with Crippen LogP contribution in [-0.4, -0.2) is 18.2 Å². The Bertz CT molecular complexity index is 1540. The number of carboxylic acids is 1. The molecule has 1 N–H and O–H groups in total. The van der Waals surface area contributed by atoms with Gasteiger partial charge in [0.2, 0.25) is 0 Å². The van der Waals surface area contributed by atoms with Gasteiger partial charge in [-0.05, 0) is 121 Å². The van der Waals surface area contributed by atoms with E-state index in [-0.39, 0.29) is 16.6 Å². The summed E-state index contributed by atoms with van der Waals surface area (Å²) in [6, 6.07) is 17.2. The molecule has 0 saturated heterocycles. The average molecular weight is 541 g/mol. The Morgan fingerprint density at radius 2 is 1.75 bits per heavy atom. The quantitative estimate of drug-likeness (QED) is 0.327. The average Bonchev–Trinajstić information content (AvgIpc) is 3.38. The summed E-state index contributed by atoms with van der Waals surface area (Å²) in [5, 5.41) is 9.91. The van der Waals surface area contributed by atoms with Crippen molar-refractivity contribution in [2.75, 3.05) is 7.11 Å². The smallest absolute Gasteiger partial charge is 0.310 e. The zero-order valence-corrected chi connectivity index (χ0v) is 23.8. The van der Waals surface area contributed by atoms with E-state index >= 15 is 4.39 Å². The summed E-state index contributed by atoms with van der Waals surface area (Å²) in [5.41, 5.74) is 5.99. The van der Waals surface area contributed by atoms with Gasteiger partial charge in [-0.25, -0.2) is 4.39 Å². The van der Waals surface area contributed by atoms with Gasteiger partial charge in [0.15, 0.2) is 0 Å². The van der Waals surface area contributed by atoms with E-state index in [2.05, 4.69) is 38.1 Å². The lowest BCUT2D eigenvalue weighted by Crippen LogP contribution is -2.27. The van der Waals surface area contributed by atoms with Crippen LogP contribution in [0.3, 0.4) is 0 Å². The monoisotopic (exact) mass is 540 g/mol. The van der Waals surface area contributed by atoms with Crippen LogP contribution < -0.4 is 9.47 Å². The van der Waals surface area contributed by atoms with Gasteiger partial charge >= 0.3 is 5.97 Å². The molecule has 0 unspecified atom stereocenters. The highest BCUT2D eigenvalue weighted by Gasteiger charge is 2.70. The molecule has 40 heavy (non-hydrogen) atoms. The molecule has 5 heteroatoms. The Morgan fingerprint density at radius 1 is 0.950 bits per heavy atom. The summed E-state index contributed by atoms with van der Waals surface area (Å²) in [4.78, 5) is 12.1. The Balaban J connectivity index is 1.32. The van der Waals surface area contributed by atoms with Crippen LogP contribution in [0.5, 0.6) is 11.5 Å². The number of benzene rings is 3. The molecule has 0 aromatic heterocycles. The number of allylic oxidation sites excluding steroid dienone is 2. The predicted octanol–water partition coefficient (Wildman–Crippen LogP) is 8.35. The van der Waals surface area contributed by atoms with Crippen LogP contribution in [0.15, 0.2) is 60.7 Å². The number of fused-ring (bicyclic) bond motifs is 2. The molecule has 1 saturated carbocycles. The van der Waals surface area contributed by atoms with Crippen molar-refractivity contribution >= 4 is 11.5 Å². The number of carbonyl (C=O) groups is 1. The second kappa shape index (κ2) is 9.50.